The molecule has 0 saturated heterocycles. The van der Waals surface area contributed by atoms with Gasteiger partial charge in [0.05, 0.1) is 11.6 Å². The van der Waals surface area contributed by atoms with Crippen molar-refractivity contribution in [3.8, 4) is 6.07 Å². The predicted molar refractivity (Wildman–Crippen MR) is 56.9 cm³/mol. The fourth-order valence-corrected chi connectivity index (χ4v) is 1.72. The summed E-state index contributed by atoms with van der Waals surface area (Å²) in [4.78, 5) is 0. The first-order valence-electron chi connectivity index (χ1n) is 5.27. The van der Waals surface area contributed by atoms with Gasteiger partial charge in [0.15, 0.2) is 11.6 Å². The van der Waals surface area contributed by atoms with Gasteiger partial charge in [-0.25, -0.2) is 8.78 Å². The third-order valence-electron chi connectivity index (χ3n) is 2.87. The molecule has 0 amide bonds. The Kier molecular flexibility index (Phi) is 2.78. The number of nitriles is 1. The lowest BCUT2D eigenvalue weighted by Gasteiger charge is -2.15. The second kappa shape index (κ2) is 4.09. The molecule has 2 rings (SSSR count). The van der Waals surface area contributed by atoms with Gasteiger partial charge in [-0.15, -0.1) is 0 Å². The Bertz CT molecular complexity index is 424. The summed E-state index contributed by atoms with van der Waals surface area (Å²) in [6.45, 7) is 1.91. The molecule has 1 saturated carbocycles. The summed E-state index contributed by atoms with van der Waals surface area (Å²) in [5, 5.41) is 11.4. The number of nitrogens with zero attached hydrogens (tertiary/aromatic N) is 1. The summed E-state index contributed by atoms with van der Waals surface area (Å²) < 4.78 is 27.0. The summed E-state index contributed by atoms with van der Waals surface area (Å²) in [5.74, 6) is -0.900. The average Bonchev–Trinajstić information content (AvgIpc) is 3.06. The minimum atomic E-state index is -0.705. The van der Waals surface area contributed by atoms with Crippen LogP contribution in [0.25, 0.3) is 0 Å². The molecule has 0 aliphatic heterocycles. The van der Waals surface area contributed by atoms with E-state index in [1.54, 1.807) is 6.07 Å². The maximum absolute atomic E-state index is 13.5. The van der Waals surface area contributed by atoms with Crippen molar-refractivity contribution in [3.63, 3.8) is 0 Å². The molecule has 0 radical (unpaired) electrons. The molecule has 0 bridgehead atoms. The fourth-order valence-electron chi connectivity index (χ4n) is 1.72. The molecule has 1 N–H and O–H groups in total. The molecule has 1 unspecified atom stereocenters. The van der Waals surface area contributed by atoms with Gasteiger partial charge >= 0.3 is 0 Å². The van der Waals surface area contributed by atoms with Crippen molar-refractivity contribution in [3.05, 3.63) is 29.3 Å². The fraction of sp³-hybridized carbons (Fsp3) is 0.417. The van der Waals surface area contributed by atoms with Crippen LogP contribution in [-0.2, 0) is 0 Å². The molecule has 16 heavy (non-hydrogen) atoms. The first kappa shape index (κ1) is 10.9. The summed E-state index contributed by atoms with van der Waals surface area (Å²) in [6, 6.07) is 3.88. The average molecular weight is 222 g/mol. The lowest BCUT2D eigenvalue weighted by Crippen LogP contribution is -2.19. The summed E-state index contributed by atoms with van der Waals surface area (Å²) in [5.41, 5.74) is -0.127. The Labute approximate surface area is 92.9 Å². The van der Waals surface area contributed by atoms with Crippen LogP contribution in [0, 0.1) is 28.9 Å². The molecule has 0 heterocycles. The highest BCUT2D eigenvalue weighted by Gasteiger charge is 2.29. The quantitative estimate of drug-likeness (QED) is 0.853. The van der Waals surface area contributed by atoms with Gasteiger partial charge in [0.1, 0.15) is 5.69 Å². The highest BCUT2D eigenvalue weighted by Crippen LogP contribution is 2.34. The van der Waals surface area contributed by atoms with Crippen molar-refractivity contribution in [2.75, 3.05) is 5.32 Å². The van der Waals surface area contributed by atoms with Crippen molar-refractivity contribution in [2.24, 2.45) is 5.92 Å². The maximum atomic E-state index is 13.5. The van der Waals surface area contributed by atoms with Crippen LogP contribution in [0.3, 0.4) is 0 Å². The SMILES string of the molecule is CC(Nc1c(F)cc(C#N)cc1F)C1CC1. The first-order chi connectivity index (χ1) is 7.61. The van der Waals surface area contributed by atoms with Gasteiger partial charge in [-0.2, -0.15) is 5.26 Å². The van der Waals surface area contributed by atoms with Crippen molar-refractivity contribution < 1.29 is 8.78 Å². The molecule has 1 aliphatic rings. The van der Waals surface area contributed by atoms with Gasteiger partial charge < -0.3 is 5.32 Å². The van der Waals surface area contributed by atoms with Crippen LogP contribution >= 0.6 is 0 Å². The highest BCUT2D eigenvalue weighted by atomic mass is 19.1. The minimum Gasteiger partial charge on any atom is -0.378 e. The number of hydrogen-bond acceptors (Lipinski definition) is 2. The minimum absolute atomic E-state index is 0.000347. The summed E-state index contributed by atoms with van der Waals surface area (Å²) in [6.07, 6.45) is 2.21. The molecule has 4 heteroatoms. The Morgan fingerprint density at radius 3 is 2.38 bits per heavy atom. The van der Waals surface area contributed by atoms with Crippen molar-refractivity contribution in [1.29, 1.82) is 5.26 Å². The van der Waals surface area contributed by atoms with E-state index in [4.69, 9.17) is 5.26 Å². The molecule has 1 aliphatic carbocycles. The van der Waals surface area contributed by atoms with Crippen molar-refractivity contribution in [2.45, 2.75) is 25.8 Å². The third kappa shape index (κ3) is 2.13. The van der Waals surface area contributed by atoms with Crippen LogP contribution in [0.2, 0.25) is 0 Å². The molecule has 2 nitrogen and oxygen atoms in total. The van der Waals surface area contributed by atoms with Crippen LogP contribution < -0.4 is 5.32 Å². The van der Waals surface area contributed by atoms with E-state index in [1.807, 2.05) is 6.92 Å². The zero-order chi connectivity index (χ0) is 11.7. The van der Waals surface area contributed by atoms with Gasteiger partial charge in [-0.3, -0.25) is 0 Å². The smallest absolute Gasteiger partial charge is 0.150 e. The van der Waals surface area contributed by atoms with E-state index in [2.05, 4.69) is 5.32 Å². The van der Waals surface area contributed by atoms with Gasteiger partial charge in [-0.05, 0) is 37.8 Å². The van der Waals surface area contributed by atoms with Gasteiger partial charge in [0.2, 0.25) is 0 Å². The molecule has 0 aromatic heterocycles. The van der Waals surface area contributed by atoms with Crippen LogP contribution in [0.4, 0.5) is 14.5 Å². The number of benzene rings is 1. The number of rotatable bonds is 3. The molecule has 1 atom stereocenters. The zero-order valence-electron chi connectivity index (χ0n) is 8.93. The standard InChI is InChI=1S/C12H12F2N2/c1-7(9-2-3-9)16-12-10(13)4-8(6-15)5-11(12)14/h4-5,7,9,16H,2-3H2,1H3. The van der Waals surface area contributed by atoms with E-state index < -0.39 is 11.6 Å². The topological polar surface area (TPSA) is 35.8 Å². The Balaban J connectivity index is 2.23. The second-order valence-electron chi connectivity index (χ2n) is 4.20. The van der Waals surface area contributed by atoms with Crippen molar-refractivity contribution >= 4 is 5.69 Å². The van der Waals surface area contributed by atoms with E-state index in [0.717, 1.165) is 25.0 Å². The Morgan fingerprint density at radius 1 is 1.38 bits per heavy atom. The lowest BCUT2D eigenvalue weighted by molar-refractivity contribution is 0.576. The molecule has 0 spiro atoms. The zero-order valence-corrected chi connectivity index (χ0v) is 8.93. The van der Waals surface area contributed by atoms with E-state index in [0.29, 0.717) is 5.92 Å². The number of anilines is 1. The number of halogens is 2. The predicted octanol–water partition coefficient (Wildman–Crippen LogP) is 3.05. The largest absolute Gasteiger partial charge is 0.378 e. The van der Waals surface area contributed by atoms with Crippen LogP contribution in [0.1, 0.15) is 25.3 Å². The van der Waals surface area contributed by atoms with Crippen LogP contribution in [0.5, 0.6) is 0 Å². The molecule has 1 aromatic carbocycles. The van der Waals surface area contributed by atoms with Crippen LogP contribution in [0.15, 0.2) is 12.1 Å². The monoisotopic (exact) mass is 222 g/mol. The second-order valence-corrected chi connectivity index (χ2v) is 4.20. The Hall–Kier alpha value is -1.63. The Morgan fingerprint density at radius 2 is 1.94 bits per heavy atom. The number of hydrogen-bond donors (Lipinski definition) is 1. The molecular weight excluding hydrogens is 210 g/mol. The molecule has 1 aromatic rings. The normalized spacial score (nSPS) is 16.6. The molecular formula is C12H12F2N2. The molecule has 1 fully saturated rings. The van der Waals surface area contributed by atoms with Gasteiger partial charge in [0.25, 0.3) is 0 Å². The van der Waals surface area contributed by atoms with E-state index in [9.17, 15) is 8.78 Å². The van der Waals surface area contributed by atoms with E-state index in [-0.39, 0.29) is 17.3 Å². The van der Waals surface area contributed by atoms with Crippen molar-refractivity contribution in [1.82, 2.24) is 0 Å². The highest BCUT2D eigenvalue weighted by molar-refractivity contribution is 5.51. The summed E-state index contributed by atoms with van der Waals surface area (Å²) in [7, 11) is 0. The van der Waals surface area contributed by atoms with Gasteiger partial charge in [-0.1, -0.05) is 0 Å². The summed E-state index contributed by atoms with van der Waals surface area (Å²) >= 11 is 0. The van der Waals surface area contributed by atoms with E-state index >= 15 is 0 Å². The van der Waals surface area contributed by atoms with Gasteiger partial charge in [0, 0.05) is 6.04 Å². The number of nitrogens with one attached hydrogen (secondary N) is 1. The maximum Gasteiger partial charge on any atom is 0.150 e. The van der Waals surface area contributed by atoms with Crippen LogP contribution in [-0.4, -0.2) is 6.04 Å². The van der Waals surface area contributed by atoms with E-state index in [1.165, 1.54) is 0 Å². The third-order valence-corrected chi connectivity index (χ3v) is 2.87. The first-order valence-corrected chi connectivity index (χ1v) is 5.27. The molecule has 84 valence electrons. The lowest BCUT2D eigenvalue weighted by atomic mass is 10.1.